The summed E-state index contributed by atoms with van der Waals surface area (Å²) in [6.45, 7) is 21.1. The zero-order valence-corrected chi connectivity index (χ0v) is 96.4. The van der Waals surface area contributed by atoms with Gasteiger partial charge in [-0.2, -0.15) is 0 Å². The molecule has 0 aliphatic carbocycles. The van der Waals surface area contributed by atoms with Gasteiger partial charge < -0.3 is 43.1 Å². The molecule has 0 aliphatic heterocycles. The first-order valence-electron chi connectivity index (χ1n) is 60.2. The largest absolute Gasteiger partial charge is 0.466 e. The lowest BCUT2D eigenvalue weighted by molar-refractivity contribution is -0.150. The number of carbonyl (C=O) groups excluding carboxylic acids is 6. The summed E-state index contributed by atoms with van der Waals surface area (Å²) in [6.07, 6.45) is 143. The summed E-state index contributed by atoms with van der Waals surface area (Å²) in [5, 5.41) is 0. The van der Waals surface area contributed by atoms with Crippen LogP contribution in [0, 0.1) is 0 Å². The Labute approximate surface area is 909 Å². The molecule has 3 atom stereocenters. The van der Waals surface area contributed by atoms with E-state index in [0.717, 1.165) is 367 Å². The van der Waals surface area contributed by atoms with E-state index in [9.17, 15) is 28.8 Å². The molecule has 0 aliphatic rings. The fourth-order valence-corrected chi connectivity index (χ4v) is 16.5. The van der Waals surface area contributed by atoms with E-state index in [1.54, 1.807) is 0 Å². The van der Waals surface area contributed by atoms with E-state index in [4.69, 9.17) is 28.4 Å². The molecule has 0 bridgehead atoms. The third-order valence-electron chi connectivity index (χ3n) is 26.0. The highest BCUT2D eigenvalue weighted by Crippen LogP contribution is 2.22. The molecule has 842 valence electrons. The van der Waals surface area contributed by atoms with Crippen molar-refractivity contribution in [2.45, 2.75) is 484 Å². The number of esters is 6. The summed E-state index contributed by atoms with van der Waals surface area (Å²) < 4.78 is 35.3. The van der Waals surface area contributed by atoms with Gasteiger partial charge in [0.15, 0.2) is 0 Å². The maximum absolute atomic E-state index is 13.0. The Hall–Kier alpha value is -8.02. The van der Waals surface area contributed by atoms with E-state index >= 15 is 0 Å². The topological polar surface area (TPSA) is 171 Å². The van der Waals surface area contributed by atoms with Gasteiger partial charge in [-0.3, -0.25) is 33.7 Å². The van der Waals surface area contributed by atoms with Crippen LogP contribution in [0.4, 0.5) is 0 Å². The number of carbonyl (C=O) groups is 6. The molecule has 0 aromatic rings. The minimum absolute atomic E-state index is 0.0566. The van der Waals surface area contributed by atoms with Crippen molar-refractivity contribution in [3.63, 3.8) is 0 Å². The molecule has 0 fully saturated rings. The first-order valence-corrected chi connectivity index (χ1v) is 60.2. The molecule has 0 aromatic carbocycles. The lowest BCUT2D eigenvalue weighted by atomic mass is 10.1. The second kappa shape index (κ2) is 116. The number of rotatable bonds is 108. The molecule has 3 unspecified atom stereocenters. The van der Waals surface area contributed by atoms with Gasteiger partial charge >= 0.3 is 35.8 Å². The summed E-state index contributed by atoms with van der Waals surface area (Å²) in [5.41, 5.74) is 0. The Kier molecular flexibility index (Phi) is 110. The van der Waals surface area contributed by atoms with E-state index in [1.165, 1.54) is 57.8 Å². The van der Waals surface area contributed by atoms with Gasteiger partial charge in [0.25, 0.3) is 0 Å². The molecular formula is C132H222N4O12. The number of likely N-dealkylation sites (N-methyl/N-ethyl adjacent to an activating group) is 3. The van der Waals surface area contributed by atoms with Gasteiger partial charge in [-0.25, -0.2) is 0 Å². The van der Waals surface area contributed by atoms with Gasteiger partial charge in [0.1, 0.15) is 18.3 Å². The summed E-state index contributed by atoms with van der Waals surface area (Å²) in [4.78, 5) is 86.8. The van der Waals surface area contributed by atoms with Crippen LogP contribution in [-0.4, -0.2) is 174 Å². The smallest absolute Gasteiger partial charge is 0.307 e. The van der Waals surface area contributed by atoms with Crippen molar-refractivity contribution in [3.05, 3.63) is 219 Å². The van der Waals surface area contributed by atoms with Gasteiger partial charge in [0.2, 0.25) is 0 Å². The molecule has 0 saturated heterocycles. The molecular weight excluding hydrogens is 1830 g/mol. The second-order valence-corrected chi connectivity index (χ2v) is 40.2. The Balaban J connectivity index is 5.20. The summed E-state index contributed by atoms with van der Waals surface area (Å²) in [6, 6.07) is 0. The zero-order chi connectivity index (χ0) is 107. The lowest BCUT2D eigenvalue weighted by Crippen LogP contribution is -2.42. The SMILES string of the molecule is CC/C=C\C/C=C\C/C=C\C/C=C\C/C=C\CCCC(=O)OC(C/C=C\CCCCCCCCOC(=O)CCN(C)CCN(CCN(C)CCC(=O)OCCCCCCCC/C=C\CC(CCCCCC)OC(=O)CCC/C=C\C/C=C\C/C=C\C/C=C\C/C=C\CC)CCN(C)CCC(=O)OCCCCCCCC/C=C\CC(CCCCCC)OC(=O)CCC/C=C\C/C=C\C/C=C\C/C=C\C/C=C\CC)CCCCCC. The van der Waals surface area contributed by atoms with Crippen molar-refractivity contribution < 1.29 is 57.2 Å². The van der Waals surface area contributed by atoms with Crippen LogP contribution in [0.15, 0.2) is 219 Å². The fraction of sp³-hybridized carbons (Fsp3) is 0.682. The number of ether oxygens (including phenoxy) is 6. The highest BCUT2D eigenvalue weighted by atomic mass is 16.6. The molecule has 0 aromatic heterocycles. The van der Waals surface area contributed by atoms with Crippen LogP contribution in [0.3, 0.4) is 0 Å². The molecule has 0 heterocycles. The standard InChI is InChI=1S/C132H222N4O12/c1-10-16-22-28-31-34-37-40-43-46-49-52-55-64-73-82-94-106-130(140)146-124(100-88-25-19-13-4)103-91-79-70-61-58-67-76-85-97-121-143-127(137)109-112-133(7)115-118-136(119-116-134(8)113-110-128(138)144-122-98-86-77-68-59-62-71-80-92-104-125(101-89-26-20-14-5)147-131(141)107-95-83-74-65-56-53-50-47-44-41-38-35-32-29-23-17-11-2)120-117-135(9)114-111-129(139)145-123-99-87-78-69-60-63-72-81-93-105-126(102-90-27-21-15-6)148-132(142)108-96-84-75-66-57-54-51-48-45-42-39-36-33-30-24-18-12-3/h16-18,22-24,31-36,40-45,49-54,64-66,73-75,79-81,91-93,124-126H,10-15,19-21,25-30,37-39,46-48,55-63,67-72,76-78,82-90,94-123H2,1-9H3/b22-16-,23-17-,24-18-,34-31-,35-32-,36-33-,43-40-,44-41-,45-42-,52-49-,53-50-,54-51-,73-64-,74-65-,75-66-,91-79-,92-80-,93-81-. The van der Waals surface area contributed by atoms with E-state index < -0.39 is 0 Å². The monoisotopic (exact) mass is 2060 g/mol. The van der Waals surface area contributed by atoms with Gasteiger partial charge in [-0.05, 0) is 252 Å². The molecule has 0 saturated carbocycles. The molecule has 0 spiro atoms. The van der Waals surface area contributed by atoms with Gasteiger partial charge in [-0.15, -0.1) is 0 Å². The van der Waals surface area contributed by atoms with Gasteiger partial charge in [-0.1, -0.05) is 395 Å². The minimum Gasteiger partial charge on any atom is -0.466 e. The Bertz CT molecular complexity index is 3250. The first-order chi connectivity index (χ1) is 72.7. The average Bonchev–Trinajstić information content (AvgIpc) is 0.807. The number of allylic oxidation sites excluding steroid dienone is 33. The Morgan fingerprint density at radius 1 is 0.189 bits per heavy atom. The van der Waals surface area contributed by atoms with Crippen LogP contribution in [0.5, 0.6) is 0 Å². The molecule has 0 radical (unpaired) electrons. The maximum atomic E-state index is 13.0. The molecule has 16 nitrogen and oxygen atoms in total. The summed E-state index contributed by atoms with van der Waals surface area (Å²) in [5.74, 6) is -0.706. The summed E-state index contributed by atoms with van der Waals surface area (Å²) in [7, 11) is 6.20. The zero-order valence-electron chi connectivity index (χ0n) is 96.4. The molecule has 0 amide bonds. The van der Waals surface area contributed by atoms with Gasteiger partial charge in [0.05, 0.1) is 39.1 Å². The van der Waals surface area contributed by atoms with Crippen molar-refractivity contribution in [1.82, 2.24) is 19.6 Å². The fourth-order valence-electron chi connectivity index (χ4n) is 16.5. The van der Waals surface area contributed by atoms with Crippen molar-refractivity contribution in [2.24, 2.45) is 0 Å². The van der Waals surface area contributed by atoms with Crippen LogP contribution in [-0.2, 0) is 57.2 Å². The van der Waals surface area contributed by atoms with Crippen LogP contribution in [0.1, 0.15) is 465 Å². The van der Waals surface area contributed by atoms with E-state index in [2.05, 4.69) is 301 Å². The molecule has 0 rings (SSSR count). The van der Waals surface area contributed by atoms with E-state index in [0.29, 0.717) is 78.0 Å². The van der Waals surface area contributed by atoms with E-state index in [1.807, 2.05) is 0 Å². The van der Waals surface area contributed by atoms with Crippen molar-refractivity contribution in [1.29, 1.82) is 0 Å². The predicted octanol–water partition coefficient (Wildman–Crippen LogP) is 35.3. The third-order valence-corrected chi connectivity index (χ3v) is 26.0. The number of hydrogen-bond acceptors (Lipinski definition) is 16. The average molecular weight is 2060 g/mol. The molecule has 148 heavy (non-hydrogen) atoms. The minimum atomic E-state index is -0.157. The third kappa shape index (κ3) is 109. The van der Waals surface area contributed by atoms with Crippen molar-refractivity contribution >= 4 is 35.8 Å². The number of unbranched alkanes of at least 4 members (excludes halogenated alkanes) is 30. The first kappa shape index (κ1) is 140. The number of nitrogens with zero attached hydrogens (tertiary/aromatic N) is 4. The highest BCUT2D eigenvalue weighted by Gasteiger charge is 2.19. The quantitative estimate of drug-likeness (QED) is 0.0244. The van der Waals surface area contributed by atoms with Crippen LogP contribution >= 0.6 is 0 Å². The lowest BCUT2D eigenvalue weighted by Gasteiger charge is -2.29. The molecule has 16 heteroatoms. The Morgan fingerprint density at radius 3 is 0.615 bits per heavy atom. The Morgan fingerprint density at radius 2 is 0.385 bits per heavy atom. The van der Waals surface area contributed by atoms with Gasteiger partial charge in [0, 0.05) is 97.4 Å². The normalized spacial score (nSPS) is 13.4. The highest BCUT2D eigenvalue weighted by molar-refractivity contribution is 5.71. The van der Waals surface area contributed by atoms with Crippen LogP contribution in [0.25, 0.3) is 0 Å². The van der Waals surface area contributed by atoms with E-state index in [-0.39, 0.29) is 54.1 Å². The van der Waals surface area contributed by atoms with Crippen LogP contribution < -0.4 is 0 Å². The predicted molar refractivity (Wildman–Crippen MR) is 635 cm³/mol. The summed E-state index contributed by atoms with van der Waals surface area (Å²) >= 11 is 0. The maximum Gasteiger partial charge on any atom is 0.307 e. The molecule has 0 N–H and O–H groups in total. The van der Waals surface area contributed by atoms with Crippen molar-refractivity contribution in [3.8, 4) is 0 Å². The van der Waals surface area contributed by atoms with Crippen LogP contribution in [0.2, 0.25) is 0 Å². The second-order valence-electron chi connectivity index (χ2n) is 40.2. The van der Waals surface area contributed by atoms with Crippen molar-refractivity contribution in [2.75, 3.05) is 99.9 Å². The number of hydrogen-bond donors (Lipinski definition) is 0.